The Hall–Kier alpha value is -1.26. The predicted molar refractivity (Wildman–Crippen MR) is 74.0 cm³/mol. The fraction of sp³-hybridized carbons (Fsp3) is 0.857. The normalized spacial score (nSPS) is 23.1. The summed E-state index contributed by atoms with van der Waals surface area (Å²) in [5.74, 6) is -0.449. The van der Waals surface area contributed by atoms with Crippen molar-refractivity contribution in [2.75, 3.05) is 6.54 Å². The Morgan fingerprint density at radius 3 is 2.21 bits per heavy atom. The van der Waals surface area contributed by atoms with Crippen molar-refractivity contribution in [3.05, 3.63) is 0 Å². The van der Waals surface area contributed by atoms with Crippen molar-refractivity contribution in [3.63, 3.8) is 0 Å². The number of nitrogens with one attached hydrogen (secondary N) is 2. The number of carbonyl (C=O) groups excluding carboxylic acids is 1. The lowest BCUT2D eigenvalue weighted by atomic mass is 9.82. The van der Waals surface area contributed by atoms with Gasteiger partial charge in [0.1, 0.15) is 0 Å². The van der Waals surface area contributed by atoms with Crippen LogP contribution in [0, 0.1) is 11.8 Å². The van der Waals surface area contributed by atoms with E-state index < -0.39 is 5.97 Å². The average molecular weight is 270 g/mol. The molecule has 0 bridgehead atoms. The van der Waals surface area contributed by atoms with Gasteiger partial charge in [-0.25, -0.2) is 4.79 Å². The highest BCUT2D eigenvalue weighted by atomic mass is 16.4. The maximum absolute atomic E-state index is 11.7. The Bertz CT molecular complexity index is 295. The molecule has 1 saturated carbocycles. The highest BCUT2D eigenvalue weighted by molar-refractivity contribution is 5.74. The minimum Gasteiger partial charge on any atom is -0.481 e. The topological polar surface area (TPSA) is 78.4 Å². The van der Waals surface area contributed by atoms with Gasteiger partial charge in [0.2, 0.25) is 0 Å². The highest BCUT2D eigenvalue weighted by Gasteiger charge is 2.26. The molecule has 3 N–H and O–H groups in total. The quantitative estimate of drug-likeness (QED) is 0.693. The maximum atomic E-state index is 11.7. The summed E-state index contributed by atoms with van der Waals surface area (Å²) in [4.78, 5) is 22.5. The summed E-state index contributed by atoms with van der Waals surface area (Å²) in [6, 6.07) is 0.136. The summed E-state index contributed by atoms with van der Waals surface area (Å²) < 4.78 is 0. The van der Waals surface area contributed by atoms with E-state index >= 15 is 0 Å². The molecule has 0 atom stereocenters. The third kappa shape index (κ3) is 5.49. The van der Waals surface area contributed by atoms with Crippen LogP contribution >= 0.6 is 0 Å². The number of carboxylic acids is 1. The fourth-order valence-corrected chi connectivity index (χ4v) is 2.58. The molecule has 5 nitrogen and oxygen atoms in total. The molecule has 0 aromatic carbocycles. The lowest BCUT2D eigenvalue weighted by Gasteiger charge is -2.26. The van der Waals surface area contributed by atoms with E-state index in [1.165, 1.54) is 0 Å². The van der Waals surface area contributed by atoms with Gasteiger partial charge >= 0.3 is 12.0 Å². The SMILES string of the molecule is CCC(CC)NC(=O)NCC1CCC(C(=O)O)CC1. The van der Waals surface area contributed by atoms with Crippen molar-refractivity contribution in [1.29, 1.82) is 0 Å². The molecule has 19 heavy (non-hydrogen) atoms. The molecule has 1 fully saturated rings. The van der Waals surface area contributed by atoms with Gasteiger partial charge in [-0.15, -0.1) is 0 Å². The third-order valence-electron chi connectivity index (χ3n) is 4.07. The van der Waals surface area contributed by atoms with Crippen LogP contribution in [-0.2, 0) is 4.79 Å². The van der Waals surface area contributed by atoms with Crippen molar-refractivity contribution in [3.8, 4) is 0 Å². The predicted octanol–water partition coefficient (Wildman–Crippen LogP) is 2.37. The third-order valence-corrected chi connectivity index (χ3v) is 4.07. The van der Waals surface area contributed by atoms with Crippen molar-refractivity contribution >= 4 is 12.0 Å². The van der Waals surface area contributed by atoms with Crippen molar-refractivity contribution in [2.24, 2.45) is 11.8 Å². The smallest absolute Gasteiger partial charge is 0.315 e. The average Bonchev–Trinajstić information content (AvgIpc) is 2.43. The van der Waals surface area contributed by atoms with Crippen LogP contribution in [0.3, 0.4) is 0 Å². The number of hydrogen-bond acceptors (Lipinski definition) is 2. The summed E-state index contributed by atoms with van der Waals surface area (Å²) in [5, 5.41) is 14.8. The van der Waals surface area contributed by atoms with Gasteiger partial charge in [-0.05, 0) is 44.4 Å². The van der Waals surface area contributed by atoms with Gasteiger partial charge in [0.25, 0.3) is 0 Å². The number of hydrogen-bond donors (Lipinski definition) is 3. The van der Waals surface area contributed by atoms with Crippen LogP contribution in [0.4, 0.5) is 4.79 Å². The van der Waals surface area contributed by atoms with E-state index in [0.717, 1.165) is 38.5 Å². The van der Waals surface area contributed by atoms with E-state index in [0.29, 0.717) is 12.5 Å². The number of carbonyl (C=O) groups is 2. The van der Waals surface area contributed by atoms with Crippen LogP contribution < -0.4 is 10.6 Å². The van der Waals surface area contributed by atoms with Gasteiger partial charge in [-0.2, -0.15) is 0 Å². The Morgan fingerprint density at radius 1 is 1.16 bits per heavy atom. The van der Waals surface area contributed by atoms with Gasteiger partial charge < -0.3 is 15.7 Å². The summed E-state index contributed by atoms with van der Waals surface area (Å²) >= 11 is 0. The first kappa shape index (κ1) is 15.8. The second kappa shape index (κ2) is 8.02. The zero-order chi connectivity index (χ0) is 14.3. The van der Waals surface area contributed by atoms with Crippen LogP contribution in [0.2, 0.25) is 0 Å². The molecular formula is C14H26N2O3. The molecular weight excluding hydrogens is 244 g/mol. The molecule has 0 unspecified atom stereocenters. The van der Waals surface area contributed by atoms with Crippen molar-refractivity contribution in [2.45, 2.75) is 58.4 Å². The zero-order valence-electron chi connectivity index (χ0n) is 11.9. The first-order chi connectivity index (χ1) is 9.06. The number of urea groups is 1. The minimum absolute atomic E-state index is 0.103. The highest BCUT2D eigenvalue weighted by Crippen LogP contribution is 2.28. The first-order valence-electron chi connectivity index (χ1n) is 7.33. The van der Waals surface area contributed by atoms with Crippen LogP contribution in [-0.4, -0.2) is 29.7 Å². The fourth-order valence-electron chi connectivity index (χ4n) is 2.58. The van der Waals surface area contributed by atoms with E-state index in [9.17, 15) is 9.59 Å². The van der Waals surface area contributed by atoms with Gasteiger partial charge in [0, 0.05) is 12.6 Å². The molecule has 0 aromatic heterocycles. The van der Waals surface area contributed by atoms with Crippen LogP contribution in [0.5, 0.6) is 0 Å². The molecule has 0 radical (unpaired) electrons. The number of carboxylic acid groups (broad SMARTS) is 1. The second-order valence-corrected chi connectivity index (χ2v) is 5.42. The summed E-state index contributed by atoms with van der Waals surface area (Å²) in [5.41, 5.74) is 0. The maximum Gasteiger partial charge on any atom is 0.315 e. The number of amides is 2. The monoisotopic (exact) mass is 270 g/mol. The van der Waals surface area contributed by atoms with Crippen LogP contribution in [0.15, 0.2) is 0 Å². The summed E-state index contributed by atoms with van der Waals surface area (Å²) in [6.07, 6.45) is 5.12. The van der Waals surface area contributed by atoms with E-state index in [2.05, 4.69) is 24.5 Å². The standard InChI is InChI=1S/C14H26N2O3/c1-3-12(4-2)16-14(19)15-9-10-5-7-11(8-6-10)13(17)18/h10-12H,3-9H2,1-2H3,(H,17,18)(H2,15,16,19). The largest absolute Gasteiger partial charge is 0.481 e. The van der Waals surface area contributed by atoms with E-state index in [1.807, 2.05) is 0 Å². The summed E-state index contributed by atoms with van der Waals surface area (Å²) in [6.45, 7) is 4.77. The Labute approximate surface area is 115 Å². The van der Waals surface area contributed by atoms with E-state index in [1.54, 1.807) is 0 Å². The zero-order valence-corrected chi connectivity index (χ0v) is 11.9. The van der Waals surface area contributed by atoms with E-state index in [-0.39, 0.29) is 18.0 Å². The van der Waals surface area contributed by atoms with Gasteiger partial charge in [-0.1, -0.05) is 13.8 Å². The molecule has 1 rings (SSSR count). The Kier molecular flexibility index (Phi) is 6.67. The molecule has 1 aliphatic rings. The van der Waals surface area contributed by atoms with Crippen LogP contribution in [0.1, 0.15) is 52.4 Å². The molecule has 5 heteroatoms. The Morgan fingerprint density at radius 2 is 1.74 bits per heavy atom. The van der Waals surface area contributed by atoms with Gasteiger partial charge in [0.15, 0.2) is 0 Å². The van der Waals surface area contributed by atoms with Gasteiger partial charge in [0.05, 0.1) is 5.92 Å². The lowest BCUT2D eigenvalue weighted by molar-refractivity contribution is -0.143. The molecule has 1 aliphatic carbocycles. The minimum atomic E-state index is -0.683. The molecule has 0 saturated heterocycles. The molecule has 110 valence electrons. The second-order valence-electron chi connectivity index (χ2n) is 5.42. The van der Waals surface area contributed by atoms with Gasteiger partial charge in [-0.3, -0.25) is 4.79 Å². The molecule has 2 amide bonds. The first-order valence-corrected chi connectivity index (χ1v) is 7.33. The molecule has 0 heterocycles. The number of aliphatic carboxylic acids is 1. The van der Waals surface area contributed by atoms with E-state index in [4.69, 9.17) is 5.11 Å². The number of rotatable bonds is 6. The Balaban J connectivity index is 2.20. The lowest BCUT2D eigenvalue weighted by Crippen LogP contribution is -2.43. The summed E-state index contributed by atoms with van der Waals surface area (Å²) in [7, 11) is 0. The molecule has 0 aliphatic heterocycles. The molecule has 0 aromatic rings. The van der Waals surface area contributed by atoms with Crippen LogP contribution in [0.25, 0.3) is 0 Å². The van der Waals surface area contributed by atoms with Crippen molar-refractivity contribution in [1.82, 2.24) is 10.6 Å². The van der Waals surface area contributed by atoms with Crippen molar-refractivity contribution < 1.29 is 14.7 Å². The molecule has 0 spiro atoms.